The molecule has 1 rings (SSSR count). The monoisotopic (exact) mass is 183 g/mol. The van der Waals surface area contributed by atoms with Gasteiger partial charge in [-0.1, -0.05) is 17.7 Å². The lowest BCUT2D eigenvalue weighted by atomic mass is 10.3. The van der Waals surface area contributed by atoms with Crippen LogP contribution in [0.2, 0.25) is 5.02 Å². The van der Waals surface area contributed by atoms with E-state index in [0.29, 0.717) is 11.6 Å². The molecule has 0 aliphatic heterocycles. The molecule has 0 spiro atoms. The summed E-state index contributed by atoms with van der Waals surface area (Å²) in [7, 11) is 0. The summed E-state index contributed by atoms with van der Waals surface area (Å²) in [5, 5.41) is 0.646. The van der Waals surface area contributed by atoms with Crippen LogP contribution in [0.25, 0.3) is 0 Å². The first-order chi connectivity index (χ1) is 5.77. The predicted molar refractivity (Wildman–Crippen MR) is 50.5 cm³/mol. The molecule has 0 atom stereocenters. The number of nitrogens with zero attached hydrogens (tertiary/aromatic N) is 1. The first kappa shape index (κ1) is 9.07. The van der Waals surface area contributed by atoms with Crippen molar-refractivity contribution in [2.45, 2.75) is 6.92 Å². The standard InChI is InChI=1S/C9H10ClNO/c1-2-11(7-12)9-5-3-4-8(10)6-9/h3-7H,2H2,1H3. The van der Waals surface area contributed by atoms with Gasteiger partial charge in [-0.25, -0.2) is 0 Å². The minimum absolute atomic E-state index is 0.646. The number of carbonyl (C=O) groups excluding carboxylic acids is 1. The summed E-state index contributed by atoms with van der Waals surface area (Å²) in [5.41, 5.74) is 0.833. The van der Waals surface area contributed by atoms with Crippen molar-refractivity contribution in [2.75, 3.05) is 11.4 Å². The Morgan fingerprint density at radius 1 is 1.58 bits per heavy atom. The van der Waals surface area contributed by atoms with Crippen molar-refractivity contribution in [1.29, 1.82) is 0 Å². The van der Waals surface area contributed by atoms with Crippen molar-refractivity contribution < 1.29 is 4.79 Å². The summed E-state index contributed by atoms with van der Waals surface area (Å²) in [6.07, 6.45) is 0.797. The molecule has 1 amide bonds. The van der Waals surface area contributed by atoms with Crippen molar-refractivity contribution in [2.24, 2.45) is 0 Å². The van der Waals surface area contributed by atoms with E-state index in [0.717, 1.165) is 12.1 Å². The first-order valence-electron chi connectivity index (χ1n) is 3.75. The van der Waals surface area contributed by atoms with Crippen molar-refractivity contribution in [3.05, 3.63) is 29.3 Å². The Hall–Kier alpha value is -1.02. The topological polar surface area (TPSA) is 20.3 Å². The maximum Gasteiger partial charge on any atom is 0.214 e. The average Bonchev–Trinajstić information content (AvgIpc) is 2.07. The highest BCUT2D eigenvalue weighted by Crippen LogP contribution is 2.17. The molecule has 1 aromatic rings. The second kappa shape index (κ2) is 4.12. The molecule has 0 unspecified atom stereocenters. The molecule has 0 fully saturated rings. The van der Waals surface area contributed by atoms with Gasteiger partial charge in [0.25, 0.3) is 0 Å². The molecule has 0 saturated heterocycles. The van der Waals surface area contributed by atoms with Gasteiger partial charge in [-0.3, -0.25) is 4.79 Å². The first-order valence-corrected chi connectivity index (χ1v) is 4.13. The Morgan fingerprint density at radius 3 is 2.83 bits per heavy atom. The number of amides is 1. The van der Waals surface area contributed by atoms with Crippen LogP contribution in [0.5, 0.6) is 0 Å². The summed E-state index contributed by atoms with van der Waals surface area (Å²) < 4.78 is 0. The fourth-order valence-electron chi connectivity index (χ4n) is 0.973. The Labute approximate surface area is 76.8 Å². The zero-order valence-electron chi connectivity index (χ0n) is 6.83. The van der Waals surface area contributed by atoms with Crippen molar-refractivity contribution in [1.82, 2.24) is 0 Å². The molecule has 0 heterocycles. The predicted octanol–water partition coefficient (Wildman–Crippen LogP) is 2.32. The highest BCUT2D eigenvalue weighted by molar-refractivity contribution is 6.30. The maximum absolute atomic E-state index is 10.5. The molecule has 1 aromatic carbocycles. The molecule has 64 valence electrons. The zero-order valence-corrected chi connectivity index (χ0v) is 7.58. The van der Waals surface area contributed by atoms with Gasteiger partial charge in [0.15, 0.2) is 0 Å². The largest absolute Gasteiger partial charge is 0.315 e. The SMILES string of the molecule is CCN(C=O)c1cccc(Cl)c1. The molecule has 2 nitrogen and oxygen atoms in total. The molecular weight excluding hydrogens is 174 g/mol. The number of benzene rings is 1. The van der Waals surface area contributed by atoms with Crippen LogP contribution in [0.15, 0.2) is 24.3 Å². The quantitative estimate of drug-likeness (QED) is 0.659. The van der Waals surface area contributed by atoms with Crippen LogP contribution in [0.3, 0.4) is 0 Å². The van der Waals surface area contributed by atoms with Crippen molar-refractivity contribution in [3.8, 4) is 0 Å². The summed E-state index contributed by atoms with van der Waals surface area (Å²) in [6, 6.07) is 7.22. The maximum atomic E-state index is 10.5. The fraction of sp³-hybridized carbons (Fsp3) is 0.222. The molecule has 12 heavy (non-hydrogen) atoms. The summed E-state index contributed by atoms with van der Waals surface area (Å²) in [5.74, 6) is 0. The number of hydrogen-bond acceptors (Lipinski definition) is 1. The highest BCUT2D eigenvalue weighted by Gasteiger charge is 2.01. The lowest BCUT2D eigenvalue weighted by molar-refractivity contribution is -0.107. The van der Waals surface area contributed by atoms with E-state index in [-0.39, 0.29) is 0 Å². The number of carbonyl (C=O) groups is 1. The molecule has 0 N–H and O–H groups in total. The fourth-order valence-corrected chi connectivity index (χ4v) is 1.16. The Bertz CT molecular complexity index is 275. The van der Waals surface area contributed by atoms with Crippen LogP contribution in [-0.2, 0) is 4.79 Å². The van der Waals surface area contributed by atoms with Crippen molar-refractivity contribution >= 4 is 23.7 Å². The minimum Gasteiger partial charge on any atom is -0.315 e. The second-order valence-electron chi connectivity index (χ2n) is 2.37. The highest BCUT2D eigenvalue weighted by atomic mass is 35.5. The van der Waals surface area contributed by atoms with E-state index in [2.05, 4.69) is 0 Å². The van der Waals surface area contributed by atoms with E-state index in [9.17, 15) is 4.79 Å². The normalized spacial score (nSPS) is 9.50. The van der Waals surface area contributed by atoms with Crippen LogP contribution in [0, 0.1) is 0 Å². The summed E-state index contributed by atoms with van der Waals surface area (Å²) >= 11 is 5.76. The van der Waals surface area contributed by atoms with Crippen LogP contribution in [-0.4, -0.2) is 13.0 Å². The summed E-state index contributed by atoms with van der Waals surface area (Å²) in [4.78, 5) is 12.1. The summed E-state index contributed by atoms with van der Waals surface area (Å²) in [6.45, 7) is 2.57. The van der Waals surface area contributed by atoms with Gasteiger partial charge in [-0.2, -0.15) is 0 Å². The third-order valence-electron chi connectivity index (χ3n) is 1.61. The lowest BCUT2D eigenvalue weighted by Gasteiger charge is -2.14. The Kier molecular flexibility index (Phi) is 3.11. The van der Waals surface area contributed by atoms with Gasteiger partial charge in [0, 0.05) is 17.3 Å². The van der Waals surface area contributed by atoms with E-state index in [1.54, 1.807) is 17.0 Å². The van der Waals surface area contributed by atoms with Gasteiger partial charge in [-0.05, 0) is 25.1 Å². The van der Waals surface area contributed by atoms with E-state index < -0.39 is 0 Å². The molecule has 0 radical (unpaired) electrons. The minimum atomic E-state index is 0.646. The van der Waals surface area contributed by atoms with E-state index >= 15 is 0 Å². The molecule has 0 aliphatic rings. The van der Waals surface area contributed by atoms with Gasteiger partial charge in [0.2, 0.25) is 6.41 Å². The van der Waals surface area contributed by atoms with Crippen LogP contribution in [0.1, 0.15) is 6.92 Å². The average molecular weight is 184 g/mol. The molecule has 0 bridgehead atoms. The third kappa shape index (κ3) is 1.98. The van der Waals surface area contributed by atoms with Gasteiger partial charge in [0.1, 0.15) is 0 Å². The van der Waals surface area contributed by atoms with Gasteiger partial charge in [0.05, 0.1) is 0 Å². The van der Waals surface area contributed by atoms with Gasteiger partial charge >= 0.3 is 0 Å². The Morgan fingerprint density at radius 2 is 2.33 bits per heavy atom. The zero-order chi connectivity index (χ0) is 8.97. The van der Waals surface area contributed by atoms with Crippen molar-refractivity contribution in [3.63, 3.8) is 0 Å². The van der Waals surface area contributed by atoms with Crippen LogP contribution >= 0.6 is 11.6 Å². The van der Waals surface area contributed by atoms with E-state index in [4.69, 9.17) is 11.6 Å². The Balaban J connectivity index is 2.93. The second-order valence-corrected chi connectivity index (χ2v) is 2.81. The molecular formula is C9H10ClNO. The molecule has 0 aliphatic carbocycles. The molecule has 3 heteroatoms. The molecule has 0 saturated carbocycles. The number of hydrogen-bond donors (Lipinski definition) is 0. The van der Waals surface area contributed by atoms with Crippen LogP contribution in [0.4, 0.5) is 5.69 Å². The lowest BCUT2D eigenvalue weighted by Crippen LogP contribution is -2.19. The third-order valence-corrected chi connectivity index (χ3v) is 1.84. The van der Waals surface area contributed by atoms with Gasteiger partial charge < -0.3 is 4.90 Å². The smallest absolute Gasteiger partial charge is 0.214 e. The van der Waals surface area contributed by atoms with E-state index in [1.165, 1.54) is 0 Å². The van der Waals surface area contributed by atoms with Crippen LogP contribution < -0.4 is 4.90 Å². The van der Waals surface area contributed by atoms with E-state index in [1.807, 2.05) is 19.1 Å². The van der Waals surface area contributed by atoms with Gasteiger partial charge in [-0.15, -0.1) is 0 Å². The number of rotatable bonds is 3. The molecule has 0 aromatic heterocycles. The number of anilines is 1. The number of halogens is 1.